The van der Waals surface area contributed by atoms with Gasteiger partial charge < -0.3 is 10.6 Å². The van der Waals surface area contributed by atoms with Gasteiger partial charge in [0.1, 0.15) is 11.7 Å². The molecule has 7 heteroatoms. The summed E-state index contributed by atoms with van der Waals surface area (Å²) >= 11 is 0. The number of pyridine rings is 1. The van der Waals surface area contributed by atoms with E-state index < -0.39 is 5.54 Å². The fraction of sp³-hybridized carbons (Fsp3) is 0.133. The Kier molecular flexibility index (Phi) is 5.53. The van der Waals surface area contributed by atoms with Crippen LogP contribution < -0.4 is 15.5 Å². The second-order valence-electron chi connectivity index (χ2n) is 9.41. The van der Waals surface area contributed by atoms with E-state index in [1.54, 1.807) is 11.1 Å². The Hall–Kier alpha value is -4.78. The molecule has 7 nitrogen and oxygen atoms in total. The van der Waals surface area contributed by atoms with E-state index in [4.69, 9.17) is 10.8 Å². The Bertz CT molecular complexity index is 1520. The molecule has 0 unspecified atom stereocenters. The van der Waals surface area contributed by atoms with Gasteiger partial charge in [0.05, 0.1) is 16.9 Å². The molecule has 3 aromatic carbocycles. The summed E-state index contributed by atoms with van der Waals surface area (Å²) in [6, 6.07) is 28.3. The quantitative estimate of drug-likeness (QED) is 0.199. The summed E-state index contributed by atoms with van der Waals surface area (Å²) in [5.74, 6) is 0.899. The first-order valence-corrected chi connectivity index (χ1v) is 12.3. The molecule has 6 rings (SSSR count). The molecule has 37 heavy (non-hydrogen) atoms. The first kappa shape index (κ1) is 22.7. The number of fused-ring (bicyclic) bond motifs is 2. The monoisotopic (exact) mass is 490 g/mol. The number of hydrogen-bond donors (Lipinski definition) is 4. The van der Waals surface area contributed by atoms with Crippen LogP contribution in [0.1, 0.15) is 49.2 Å². The molecule has 1 amide bonds. The maximum Gasteiger partial charge on any atom is 0.251 e. The third-order valence-electron chi connectivity index (χ3n) is 7.22. The van der Waals surface area contributed by atoms with Crippen molar-refractivity contribution < 1.29 is 7.65 Å². The summed E-state index contributed by atoms with van der Waals surface area (Å²) in [5, 5.41) is 24.7. The summed E-state index contributed by atoms with van der Waals surface area (Å²) in [5.41, 5.74) is 4.06. The highest BCUT2D eigenvalue weighted by Crippen LogP contribution is 2.42. The van der Waals surface area contributed by atoms with Crippen LogP contribution in [0.3, 0.4) is 0 Å². The maximum absolute atomic E-state index is 12.9. The Morgan fingerprint density at radius 2 is 1.65 bits per heavy atom. The lowest BCUT2D eigenvalue weighted by molar-refractivity contribution is 0.0823. The fourth-order valence-electron chi connectivity index (χ4n) is 5.04. The van der Waals surface area contributed by atoms with Gasteiger partial charge in [0.15, 0.2) is 5.82 Å². The van der Waals surface area contributed by atoms with Gasteiger partial charge in [-0.05, 0) is 61.2 Å². The summed E-state index contributed by atoms with van der Waals surface area (Å²) in [6.45, 7) is 0. The van der Waals surface area contributed by atoms with Crippen molar-refractivity contribution in [2.24, 2.45) is 0 Å². The first-order valence-electron chi connectivity index (χ1n) is 12.3. The second-order valence-corrected chi connectivity index (χ2v) is 9.41. The van der Waals surface area contributed by atoms with Crippen molar-refractivity contribution >= 4 is 34.8 Å². The molecule has 2 heterocycles. The van der Waals surface area contributed by atoms with Crippen LogP contribution in [-0.2, 0) is 5.54 Å². The average Bonchev–Trinajstić information content (AvgIpc) is 3.04. The third-order valence-corrected chi connectivity index (χ3v) is 7.22. The highest BCUT2D eigenvalue weighted by atomic mass is 16.1. The third kappa shape index (κ3) is 3.94. The summed E-state index contributed by atoms with van der Waals surface area (Å²) in [6.07, 6.45) is 4.50. The molecule has 1 fully saturated rings. The maximum atomic E-state index is 12.9. The lowest BCUT2D eigenvalue weighted by Crippen LogP contribution is -2.50. The number of anilines is 3. The number of carbonyl (C=O) groups is 1. The molecule has 186 valence electrons. The molecule has 2 aliphatic rings. The van der Waals surface area contributed by atoms with Crippen molar-refractivity contribution in [1.29, 1.82) is 10.8 Å². The number of amidine groups is 2. The standard InChI is InChI=1S/C30H26N6O.2H2/c31-26(36-25-12-6-19-33-28(25)34-24-11-5-4-10-23(24)27(36)32)20-13-15-22(16-14-20)30(17-7-18-30)35-29(37)21-8-2-1-3-9-21;;/h1-6,8-16,19,31-32H,7,17-18H2,(H,33,34)(H,35,37);2*1H. The molecule has 0 saturated heterocycles. The van der Waals surface area contributed by atoms with Gasteiger partial charge in [0.2, 0.25) is 0 Å². The van der Waals surface area contributed by atoms with Crippen LogP contribution in [0.15, 0.2) is 97.2 Å². The van der Waals surface area contributed by atoms with Crippen LogP contribution in [0, 0.1) is 10.8 Å². The SMILES string of the molecule is N=C(c1ccc(C2(NC(=O)c3ccccc3)CCC2)cc1)N1C(=N)c2ccccc2Nc2ncccc21.[HH].[HH]. The molecule has 1 aliphatic carbocycles. The summed E-state index contributed by atoms with van der Waals surface area (Å²) in [7, 11) is 0. The van der Waals surface area contributed by atoms with Crippen LogP contribution in [0.25, 0.3) is 0 Å². The Labute approximate surface area is 218 Å². The average molecular weight is 491 g/mol. The number of nitrogens with one attached hydrogen (secondary N) is 4. The number of para-hydroxylation sites is 1. The summed E-state index contributed by atoms with van der Waals surface area (Å²) < 4.78 is 0. The van der Waals surface area contributed by atoms with Gasteiger partial charge in [-0.3, -0.25) is 20.5 Å². The lowest BCUT2D eigenvalue weighted by atomic mass is 9.71. The van der Waals surface area contributed by atoms with E-state index in [-0.39, 0.29) is 20.4 Å². The molecule has 0 atom stereocenters. The van der Waals surface area contributed by atoms with Gasteiger partial charge in [-0.2, -0.15) is 0 Å². The smallest absolute Gasteiger partial charge is 0.251 e. The van der Waals surface area contributed by atoms with Crippen molar-refractivity contribution in [1.82, 2.24) is 10.3 Å². The normalized spacial score (nSPS) is 15.4. The minimum Gasteiger partial charge on any atom is -0.343 e. The van der Waals surface area contributed by atoms with Crippen molar-refractivity contribution in [2.75, 3.05) is 10.2 Å². The minimum absolute atomic E-state index is 0. The Morgan fingerprint density at radius 3 is 2.38 bits per heavy atom. The lowest BCUT2D eigenvalue weighted by Gasteiger charge is -2.43. The largest absolute Gasteiger partial charge is 0.343 e. The molecule has 0 radical (unpaired) electrons. The van der Waals surface area contributed by atoms with Crippen LogP contribution in [0.5, 0.6) is 0 Å². The number of nitrogens with zero attached hydrogens (tertiary/aromatic N) is 2. The number of rotatable bonds is 4. The van der Waals surface area contributed by atoms with E-state index in [1.165, 1.54) is 0 Å². The molecule has 4 N–H and O–H groups in total. The molecular weight excluding hydrogens is 460 g/mol. The number of amides is 1. The van der Waals surface area contributed by atoms with Gasteiger partial charge in [-0.1, -0.05) is 54.6 Å². The van der Waals surface area contributed by atoms with Crippen molar-refractivity contribution in [3.05, 3.63) is 119 Å². The van der Waals surface area contributed by atoms with E-state index >= 15 is 0 Å². The van der Waals surface area contributed by atoms with E-state index in [9.17, 15) is 4.79 Å². The van der Waals surface area contributed by atoms with Gasteiger partial charge in [-0.25, -0.2) is 4.98 Å². The van der Waals surface area contributed by atoms with E-state index in [1.807, 2.05) is 91.0 Å². The van der Waals surface area contributed by atoms with Gasteiger partial charge in [0.25, 0.3) is 5.91 Å². The zero-order valence-corrected chi connectivity index (χ0v) is 20.2. The Morgan fingerprint density at radius 1 is 0.919 bits per heavy atom. The molecule has 0 bridgehead atoms. The zero-order chi connectivity index (χ0) is 25.4. The topological polar surface area (TPSA) is 105 Å². The van der Waals surface area contributed by atoms with Crippen molar-refractivity contribution in [3.63, 3.8) is 0 Å². The molecule has 4 aromatic rings. The number of benzene rings is 3. The van der Waals surface area contributed by atoms with Gasteiger partial charge in [0, 0.05) is 25.7 Å². The van der Waals surface area contributed by atoms with Crippen molar-refractivity contribution in [2.45, 2.75) is 24.8 Å². The van der Waals surface area contributed by atoms with Crippen LogP contribution in [0.2, 0.25) is 0 Å². The molecular formula is C30H30N6O. The minimum atomic E-state index is -0.400. The highest BCUT2D eigenvalue weighted by Gasteiger charge is 2.40. The van der Waals surface area contributed by atoms with E-state index in [0.717, 1.165) is 30.5 Å². The number of carbonyl (C=O) groups excluding carboxylic acids is 1. The number of hydrogen-bond acceptors (Lipinski definition) is 5. The molecule has 1 saturated carbocycles. The van der Waals surface area contributed by atoms with E-state index in [0.29, 0.717) is 28.2 Å². The fourth-order valence-corrected chi connectivity index (χ4v) is 5.04. The number of aromatic nitrogens is 1. The Balaban J connectivity index is 0.00000176. The molecule has 1 aromatic heterocycles. The first-order chi connectivity index (χ1) is 18.1. The highest BCUT2D eigenvalue weighted by molar-refractivity contribution is 6.30. The predicted octanol–water partition coefficient (Wildman–Crippen LogP) is 6.30. The van der Waals surface area contributed by atoms with E-state index in [2.05, 4.69) is 15.6 Å². The predicted molar refractivity (Wildman–Crippen MR) is 150 cm³/mol. The van der Waals surface area contributed by atoms with Crippen LogP contribution in [-0.4, -0.2) is 22.6 Å². The zero-order valence-electron chi connectivity index (χ0n) is 20.2. The van der Waals surface area contributed by atoms with Crippen LogP contribution in [0.4, 0.5) is 17.2 Å². The van der Waals surface area contributed by atoms with Gasteiger partial charge >= 0.3 is 0 Å². The van der Waals surface area contributed by atoms with Crippen molar-refractivity contribution in [3.8, 4) is 0 Å². The molecule has 1 aliphatic heterocycles. The molecule has 0 spiro atoms. The second kappa shape index (κ2) is 9.02. The summed E-state index contributed by atoms with van der Waals surface area (Å²) in [4.78, 5) is 19.0. The van der Waals surface area contributed by atoms with Crippen LogP contribution >= 0.6 is 0 Å². The van der Waals surface area contributed by atoms with Gasteiger partial charge in [-0.15, -0.1) is 0 Å².